The fraction of sp³-hybridized carbons (Fsp3) is 0.379. The maximum atomic E-state index is 12.9. The van der Waals surface area contributed by atoms with Gasteiger partial charge in [-0.25, -0.2) is 9.48 Å². The van der Waals surface area contributed by atoms with Gasteiger partial charge in [0.1, 0.15) is 0 Å². The number of anilines is 3. The summed E-state index contributed by atoms with van der Waals surface area (Å²) in [5.74, 6) is 0.703. The summed E-state index contributed by atoms with van der Waals surface area (Å²) in [6, 6.07) is 18.3. The molecule has 0 bridgehead atoms. The second kappa shape index (κ2) is 12.1. The number of hydrogen-bond donors (Lipinski definition) is 2. The van der Waals surface area contributed by atoms with Gasteiger partial charge in [-0.3, -0.25) is 9.59 Å². The van der Waals surface area contributed by atoms with E-state index in [2.05, 4.69) is 15.7 Å². The van der Waals surface area contributed by atoms with Crippen molar-refractivity contribution in [2.75, 3.05) is 50.0 Å². The number of rotatable bonds is 6. The second-order valence-electron chi connectivity index (χ2n) is 9.98. The number of ether oxygens (including phenoxy) is 1. The SMILES string of the molecule is Cc1ccccc1Nc1ccc(=O)n(Cc2cccc(NC(=O)N3CCC(C(=O)N4CCOCC4)CC3)c2)n1. The van der Waals surface area contributed by atoms with E-state index >= 15 is 0 Å². The largest absolute Gasteiger partial charge is 0.378 e. The number of nitrogens with zero attached hydrogens (tertiary/aromatic N) is 4. The molecule has 10 heteroatoms. The lowest BCUT2D eigenvalue weighted by Crippen LogP contribution is -2.48. The number of carbonyl (C=O) groups is 2. The molecule has 0 spiro atoms. The number of aryl methyl sites for hydroxylation is 1. The standard InChI is InChI=1S/C29H34N6O4/c1-21-5-2-3-8-25(21)31-26-9-10-27(36)35(32-26)20-22-6-4-7-24(19-22)30-29(38)34-13-11-23(12-14-34)28(37)33-15-17-39-18-16-33/h2-10,19,23H,11-18,20H2,1H3,(H,30,38)(H,31,32). The van der Waals surface area contributed by atoms with Crippen molar-refractivity contribution in [3.63, 3.8) is 0 Å². The van der Waals surface area contributed by atoms with Crippen molar-refractivity contribution >= 4 is 29.1 Å². The van der Waals surface area contributed by atoms with E-state index in [0.717, 1.165) is 16.8 Å². The van der Waals surface area contributed by atoms with Crippen LogP contribution in [-0.2, 0) is 16.1 Å². The molecule has 0 radical (unpaired) electrons. The number of benzene rings is 2. The van der Waals surface area contributed by atoms with E-state index in [1.807, 2.05) is 60.4 Å². The van der Waals surface area contributed by atoms with E-state index in [0.29, 0.717) is 63.7 Å². The van der Waals surface area contributed by atoms with Gasteiger partial charge in [0.05, 0.1) is 19.8 Å². The maximum Gasteiger partial charge on any atom is 0.321 e. The van der Waals surface area contributed by atoms with Crippen LogP contribution in [0.1, 0.15) is 24.0 Å². The Morgan fingerprint density at radius 1 is 0.949 bits per heavy atom. The zero-order valence-corrected chi connectivity index (χ0v) is 22.1. The van der Waals surface area contributed by atoms with Gasteiger partial charge in [-0.05, 0) is 55.2 Å². The lowest BCUT2D eigenvalue weighted by molar-refractivity contribution is -0.140. The molecular weight excluding hydrogens is 496 g/mol. The van der Waals surface area contributed by atoms with Gasteiger partial charge in [-0.15, -0.1) is 0 Å². The van der Waals surface area contributed by atoms with Crippen LogP contribution in [-0.4, -0.2) is 70.9 Å². The molecule has 2 N–H and O–H groups in total. The van der Waals surface area contributed by atoms with Crippen LogP contribution < -0.4 is 16.2 Å². The van der Waals surface area contributed by atoms with Crippen LogP contribution in [0.15, 0.2) is 65.5 Å². The number of para-hydroxylation sites is 1. The predicted octanol–water partition coefficient (Wildman–Crippen LogP) is 3.45. The van der Waals surface area contributed by atoms with Gasteiger partial charge in [0.2, 0.25) is 5.91 Å². The highest BCUT2D eigenvalue weighted by Crippen LogP contribution is 2.22. The fourth-order valence-corrected chi connectivity index (χ4v) is 4.97. The van der Waals surface area contributed by atoms with Crippen molar-refractivity contribution in [3.05, 3.63) is 82.1 Å². The number of likely N-dealkylation sites (tertiary alicyclic amines) is 1. The zero-order chi connectivity index (χ0) is 27.2. The average Bonchev–Trinajstić information content (AvgIpc) is 2.96. The first kappa shape index (κ1) is 26.4. The Morgan fingerprint density at radius 3 is 2.49 bits per heavy atom. The maximum absolute atomic E-state index is 12.9. The number of morpholine rings is 1. The van der Waals surface area contributed by atoms with Crippen LogP contribution in [0.25, 0.3) is 0 Å². The second-order valence-corrected chi connectivity index (χ2v) is 9.98. The molecule has 0 saturated carbocycles. The van der Waals surface area contributed by atoms with Crippen LogP contribution in [0.4, 0.5) is 22.0 Å². The Kier molecular flexibility index (Phi) is 8.21. The summed E-state index contributed by atoms with van der Waals surface area (Å²) in [7, 11) is 0. The lowest BCUT2D eigenvalue weighted by atomic mass is 9.95. The van der Waals surface area contributed by atoms with E-state index in [1.165, 1.54) is 10.7 Å². The Balaban J connectivity index is 1.18. The molecule has 0 atom stereocenters. The first-order chi connectivity index (χ1) is 19.0. The fourth-order valence-electron chi connectivity index (χ4n) is 4.97. The summed E-state index contributed by atoms with van der Waals surface area (Å²) in [6.07, 6.45) is 1.32. The summed E-state index contributed by atoms with van der Waals surface area (Å²) >= 11 is 0. The van der Waals surface area contributed by atoms with Crippen molar-refractivity contribution in [2.45, 2.75) is 26.3 Å². The van der Waals surface area contributed by atoms with Crippen molar-refractivity contribution < 1.29 is 14.3 Å². The molecule has 0 aliphatic carbocycles. The minimum atomic E-state index is -0.214. The van der Waals surface area contributed by atoms with Gasteiger partial charge in [0.15, 0.2) is 5.82 Å². The van der Waals surface area contributed by atoms with Gasteiger partial charge in [0.25, 0.3) is 5.56 Å². The van der Waals surface area contributed by atoms with Gasteiger partial charge in [-0.1, -0.05) is 30.3 Å². The normalized spacial score (nSPS) is 16.1. The highest BCUT2D eigenvalue weighted by atomic mass is 16.5. The molecule has 2 fully saturated rings. The van der Waals surface area contributed by atoms with Crippen LogP contribution in [0.3, 0.4) is 0 Å². The molecule has 3 heterocycles. The van der Waals surface area contributed by atoms with Crippen molar-refractivity contribution in [1.29, 1.82) is 0 Å². The number of carbonyl (C=O) groups excluding carboxylic acids is 2. The first-order valence-corrected chi connectivity index (χ1v) is 13.4. The summed E-state index contributed by atoms with van der Waals surface area (Å²) in [4.78, 5) is 41.9. The van der Waals surface area contributed by atoms with Crippen molar-refractivity contribution in [3.8, 4) is 0 Å². The van der Waals surface area contributed by atoms with Crippen LogP contribution in [0.5, 0.6) is 0 Å². The monoisotopic (exact) mass is 530 g/mol. The molecule has 2 aromatic carbocycles. The van der Waals surface area contributed by atoms with Gasteiger partial charge < -0.3 is 25.2 Å². The molecule has 1 aromatic heterocycles. The van der Waals surface area contributed by atoms with Crippen LogP contribution in [0.2, 0.25) is 0 Å². The summed E-state index contributed by atoms with van der Waals surface area (Å²) in [5, 5.41) is 10.7. The average molecular weight is 531 g/mol. The Labute approximate surface area is 227 Å². The van der Waals surface area contributed by atoms with E-state index in [9.17, 15) is 14.4 Å². The Morgan fingerprint density at radius 2 is 1.72 bits per heavy atom. The number of nitrogens with one attached hydrogen (secondary N) is 2. The topological polar surface area (TPSA) is 109 Å². The molecular formula is C29H34N6O4. The Hall–Kier alpha value is -4.18. The highest BCUT2D eigenvalue weighted by molar-refractivity contribution is 5.89. The quantitative estimate of drug-likeness (QED) is 0.506. The van der Waals surface area contributed by atoms with Gasteiger partial charge in [0, 0.05) is 49.5 Å². The minimum absolute atomic E-state index is 0.0441. The molecule has 0 unspecified atom stereocenters. The number of aromatic nitrogens is 2. The highest BCUT2D eigenvalue weighted by Gasteiger charge is 2.31. The van der Waals surface area contributed by atoms with Gasteiger partial charge >= 0.3 is 6.03 Å². The van der Waals surface area contributed by atoms with E-state index < -0.39 is 0 Å². The predicted molar refractivity (Wildman–Crippen MR) is 149 cm³/mol. The third-order valence-corrected chi connectivity index (χ3v) is 7.24. The minimum Gasteiger partial charge on any atom is -0.378 e. The number of urea groups is 1. The molecule has 39 heavy (non-hydrogen) atoms. The summed E-state index contributed by atoms with van der Waals surface area (Å²) < 4.78 is 6.74. The van der Waals surface area contributed by atoms with Crippen molar-refractivity contribution in [2.24, 2.45) is 5.92 Å². The number of hydrogen-bond acceptors (Lipinski definition) is 6. The zero-order valence-electron chi connectivity index (χ0n) is 22.1. The molecule has 10 nitrogen and oxygen atoms in total. The van der Waals surface area contributed by atoms with E-state index in [1.54, 1.807) is 11.0 Å². The first-order valence-electron chi connectivity index (χ1n) is 13.4. The third-order valence-electron chi connectivity index (χ3n) is 7.24. The molecule has 3 aromatic rings. The lowest BCUT2D eigenvalue weighted by Gasteiger charge is -2.35. The molecule has 5 rings (SSSR count). The number of piperidine rings is 1. The summed E-state index contributed by atoms with van der Waals surface area (Å²) in [5.41, 5.74) is 3.27. The Bertz CT molecular complexity index is 1380. The third kappa shape index (κ3) is 6.64. The molecule has 2 aliphatic heterocycles. The van der Waals surface area contributed by atoms with Crippen LogP contribution in [0, 0.1) is 12.8 Å². The summed E-state index contributed by atoms with van der Waals surface area (Å²) in [6.45, 7) is 5.81. The van der Waals surface area contributed by atoms with Gasteiger partial charge in [-0.2, -0.15) is 5.10 Å². The number of amides is 3. The molecule has 2 saturated heterocycles. The van der Waals surface area contributed by atoms with Crippen molar-refractivity contribution in [1.82, 2.24) is 19.6 Å². The molecule has 3 amide bonds. The molecule has 2 aliphatic rings. The van der Waals surface area contributed by atoms with Crippen LogP contribution >= 0.6 is 0 Å². The van der Waals surface area contributed by atoms with E-state index in [4.69, 9.17) is 4.74 Å². The smallest absolute Gasteiger partial charge is 0.321 e. The van der Waals surface area contributed by atoms with E-state index in [-0.39, 0.29) is 30.0 Å². The molecule has 204 valence electrons.